The standard InChI is InChI=1S/C13H15F2N3O2S/c1-8-10(21-7-16-8)4-11-17-20-12(19)18(11)6-9-2-3-13(14,15)5-9/h7,9H,2-6H2,1H3. The van der Waals surface area contributed by atoms with Crippen LogP contribution in [0.4, 0.5) is 8.78 Å². The maximum Gasteiger partial charge on any atom is 0.441 e. The van der Waals surface area contributed by atoms with Crippen LogP contribution in [-0.4, -0.2) is 20.6 Å². The van der Waals surface area contributed by atoms with Crippen molar-refractivity contribution in [3.8, 4) is 0 Å². The predicted octanol–water partition coefficient (Wildman–Crippen LogP) is 2.63. The average Bonchev–Trinajstić information content (AvgIpc) is 3.06. The maximum atomic E-state index is 13.2. The minimum atomic E-state index is -2.61. The summed E-state index contributed by atoms with van der Waals surface area (Å²) in [5.41, 5.74) is 2.61. The molecule has 5 nitrogen and oxygen atoms in total. The van der Waals surface area contributed by atoms with Gasteiger partial charge in [-0.15, -0.1) is 11.3 Å². The summed E-state index contributed by atoms with van der Waals surface area (Å²) in [6, 6.07) is 0. The zero-order valence-corrected chi connectivity index (χ0v) is 12.3. The maximum absolute atomic E-state index is 13.2. The summed E-state index contributed by atoms with van der Waals surface area (Å²) in [7, 11) is 0. The Kier molecular flexibility index (Phi) is 3.64. The van der Waals surface area contributed by atoms with E-state index in [0.29, 0.717) is 18.7 Å². The lowest BCUT2D eigenvalue weighted by Crippen LogP contribution is -2.22. The van der Waals surface area contributed by atoms with Gasteiger partial charge in [0.25, 0.3) is 0 Å². The van der Waals surface area contributed by atoms with Crippen LogP contribution in [0.1, 0.15) is 35.7 Å². The smallest absolute Gasteiger partial charge is 0.296 e. The van der Waals surface area contributed by atoms with Gasteiger partial charge in [0.1, 0.15) is 0 Å². The third-order valence-corrected chi connectivity index (χ3v) is 4.81. The first-order valence-corrected chi connectivity index (χ1v) is 7.65. The molecule has 1 saturated carbocycles. The molecule has 114 valence electrons. The first-order valence-electron chi connectivity index (χ1n) is 6.77. The highest BCUT2D eigenvalue weighted by Crippen LogP contribution is 2.39. The van der Waals surface area contributed by atoms with Gasteiger partial charge in [-0.3, -0.25) is 9.09 Å². The van der Waals surface area contributed by atoms with Crippen molar-refractivity contribution in [2.75, 3.05) is 0 Å². The Morgan fingerprint density at radius 2 is 2.38 bits per heavy atom. The Labute approximate surface area is 123 Å². The number of nitrogens with zero attached hydrogens (tertiary/aromatic N) is 3. The highest BCUT2D eigenvalue weighted by Gasteiger charge is 2.39. The number of rotatable bonds is 4. The highest BCUT2D eigenvalue weighted by molar-refractivity contribution is 7.09. The van der Waals surface area contributed by atoms with Crippen LogP contribution in [0.15, 0.2) is 14.8 Å². The van der Waals surface area contributed by atoms with Crippen LogP contribution in [0, 0.1) is 12.8 Å². The average molecular weight is 315 g/mol. The Morgan fingerprint density at radius 3 is 3.00 bits per heavy atom. The fraction of sp³-hybridized carbons (Fsp3) is 0.615. The van der Waals surface area contributed by atoms with Crippen molar-refractivity contribution < 1.29 is 13.3 Å². The lowest BCUT2D eigenvalue weighted by molar-refractivity contribution is 0.00425. The number of aromatic nitrogens is 3. The zero-order chi connectivity index (χ0) is 15.0. The predicted molar refractivity (Wildman–Crippen MR) is 72.7 cm³/mol. The van der Waals surface area contributed by atoms with Gasteiger partial charge < -0.3 is 0 Å². The van der Waals surface area contributed by atoms with Crippen molar-refractivity contribution in [3.05, 3.63) is 32.5 Å². The minimum absolute atomic E-state index is 0.110. The molecule has 3 rings (SSSR count). The van der Waals surface area contributed by atoms with Gasteiger partial charge in [0.2, 0.25) is 5.92 Å². The number of aryl methyl sites for hydroxylation is 1. The van der Waals surface area contributed by atoms with Crippen molar-refractivity contribution >= 4 is 11.3 Å². The van der Waals surface area contributed by atoms with Crippen LogP contribution < -0.4 is 5.76 Å². The molecule has 1 aliphatic carbocycles. The molecule has 2 aromatic heterocycles. The Hall–Kier alpha value is -1.57. The van der Waals surface area contributed by atoms with E-state index in [4.69, 9.17) is 4.52 Å². The van der Waals surface area contributed by atoms with E-state index in [2.05, 4.69) is 10.1 Å². The molecular weight excluding hydrogens is 300 g/mol. The van der Waals surface area contributed by atoms with Crippen LogP contribution in [0.3, 0.4) is 0 Å². The SMILES string of the molecule is Cc1ncsc1Cc1noc(=O)n1CC1CCC(F)(F)C1. The molecule has 0 amide bonds. The monoisotopic (exact) mass is 315 g/mol. The van der Waals surface area contributed by atoms with E-state index < -0.39 is 11.7 Å². The van der Waals surface area contributed by atoms with Gasteiger partial charge in [-0.2, -0.15) is 0 Å². The molecule has 0 aliphatic heterocycles. The van der Waals surface area contributed by atoms with Gasteiger partial charge in [-0.05, 0) is 19.3 Å². The van der Waals surface area contributed by atoms with E-state index in [1.807, 2.05) is 6.92 Å². The molecule has 0 bridgehead atoms. The second kappa shape index (κ2) is 5.32. The van der Waals surface area contributed by atoms with Gasteiger partial charge in [0.15, 0.2) is 5.82 Å². The quantitative estimate of drug-likeness (QED) is 0.870. The van der Waals surface area contributed by atoms with Gasteiger partial charge in [-0.1, -0.05) is 5.16 Å². The Balaban J connectivity index is 1.78. The summed E-state index contributed by atoms with van der Waals surface area (Å²) in [5, 5.41) is 3.78. The zero-order valence-electron chi connectivity index (χ0n) is 11.5. The normalized spacial score (nSPS) is 21.0. The van der Waals surface area contributed by atoms with E-state index >= 15 is 0 Å². The van der Waals surface area contributed by atoms with Crippen LogP contribution >= 0.6 is 11.3 Å². The van der Waals surface area contributed by atoms with E-state index in [9.17, 15) is 13.6 Å². The number of hydrogen-bond acceptors (Lipinski definition) is 5. The van der Waals surface area contributed by atoms with Crippen molar-refractivity contribution in [1.82, 2.24) is 14.7 Å². The lowest BCUT2D eigenvalue weighted by atomic mass is 10.1. The second-order valence-electron chi connectivity index (χ2n) is 5.48. The van der Waals surface area contributed by atoms with Gasteiger partial charge in [0.05, 0.1) is 11.2 Å². The van der Waals surface area contributed by atoms with Crippen molar-refractivity contribution in [2.45, 2.75) is 45.1 Å². The van der Waals surface area contributed by atoms with Crippen LogP contribution in [-0.2, 0) is 13.0 Å². The summed E-state index contributed by atoms with van der Waals surface area (Å²) in [4.78, 5) is 16.9. The summed E-state index contributed by atoms with van der Waals surface area (Å²) in [5.74, 6) is -2.93. The van der Waals surface area contributed by atoms with E-state index in [1.54, 1.807) is 5.51 Å². The van der Waals surface area contributed by atoms with Crippen LogP contribution in [0.2, 0.25) is 0 Å². The van der Waals surface area contributed by atoms with Crippen molar-refractivity contribution in [3.63, 3.8) is 0 Å². The van der Waals surface area contributed by atoms with Gasteiger partial charge in [-0.25, -0.2) is 18.6 Å². The Morgan fingerprint density at radius 1 is 1.57 bits per heavy atom. The molecule has 21 heavy (non-hydrogen) atoms. The molecule has 1 unspecified atom stereocenters. The fourth-order valence-electron chi connectivity index (χ4n) is 2.70. The minimum Gasteiger partial charge on any atom is -0.296 e. The first-order chi connectivity index (χ1) is 9.94. The topological polar surface area (TPSA) is 60.9 Å². The summed E-state index contributed by atoms with van der Waals surface area (Å²) in [6.45, 7) is 2.12. The molecular formula is C13H15F2N3O2S. The number of hydrogen-bond donors (Lipinski definition) is 0. The molecule has 0 spiro atoms. The Bertz CT molecular complexity index is 692. The van der Waals surface area contributed by atoms with E-state index in [-0.39, 0.29) is 25.3 Å². The summed E-state index contributed by atoms with van der Waals surface area (Å²) in [6.07, 6.45) is 0.569. The molecule has 1 fully saturated rings. The first kappa shape index (κ1) is 14.4. The second-order valence-corrected chi connectivity index (χ2v) is 6.42. The number of alkyl halides is 2. The third-order valence-electron chi connectivity index (χ3n) is 3.87. The van der Waals surface area contributed by atoms with Gasteiger partial charge >= 0.3 is 5.76 Å². The van der Waals surface area contributed by atoms with Crippen LogP contribution in [0.5, 0.6) is 0 Å². The van der Waals surface area contributed by atoms with Crippen LogP contribution in [0.25, 0.3) is 0 Å². The van der Waals surface area contributed by atoms with Crippen molar-refractivity contribution in [1.29, 1.82) is 0 Å². The molecule has 2 aromatic rings. The third kappa shape index (κ3) is 3.04. The summed E-state index contributed by atoms with van der Waals surface area (Å²) >= 11 is 1.48. The molecule has 1 atom stereocenters. The largest absolute Gasteiger partial charge is 0.441 e. The summed E-state index contributed by atoms with van der Waals surface area (Å²) < 4.78 is 32.6. The highest BCUT2D eigenvalue weighted by atomic mass is 32.1. The molecule has 0 saturated heterocycles. The molecule has 1 aliphatic rings. The van der Waals surface area contributed by atoms with E-state index in [1.165, 1.54) is 15.9 Å². The fourth-order valence-corrected chi connectivity index (χ4v) is 3.47. The molecule has 0 N–H and O–H groups in total. The van der Waals surface area contributed by atoms with Crippen molar-refractivity contribution in [2.24, 2.45) is 5.92 Å². The number of halogens is 2. The number of thiazole rings is 1. The van der Waals surface area contributed by atoms with E-state index in [0.717, 1.165) is 10.6 Å². The molecule has 0 radical (unpaired) electrons. The molecule has 2 heterocycles. The molecule has 0 aromatic carbocycles. The van der Waals surface area contributed by atoms with Gasteiger partial charge in [0, 0.05) is 30.7 Å². The molecule has 8 heteroatoms. The lowest BCUT2D eigenvalue weighted by Gasteiger charge is -2.11.